The summed E-state index contributed by atoms with van der Waals surface area (Å²) in [4.78, 5) is 11.4. The number of para-hydroxylation sites is 1. The standard InChI is InChI=1S/C24H23N5/c25-24-22(20-8-9-27-23-7-2-1-6-21(20)23)15-18(16-28-24)17-4-3-5-19(14-17)29-12-10-26-11-13-29/h1-9,14-16,26H,10-13H2,(H2,25,28). The first-order valence-electron chi connectivity index (χ1n) is 9.95. The highest BCUT2D eigenvalue weighted by Crippen LogP contribution is 2.34. The highest BCUT2D eigenvalue weighted by molar-refractivity contribution is 5.97. The van der Waals surface area contributed by atoms with Crippen LogP contribution in [-0.4, -0.2) is 36.1 Å². The Morgan fingerprint density at radius 1 is 0.828 bits per heavy atom. The van der Waals surface area contributed by atoms with Crippen LogP contribution in [0.4, 0.5) is 11.5 Å². The molecule has 2 aromatic heterocycles. The minimum atomic E-state index is 0.531. The lowest BCUT2D eigenvalue weighted by atomic mass is 9.98. The number of pyridine rings is 2. The molecule has 5 heteroatoms. The first kappa shape index (κ1) is 17.6. The zero-order chi connectivity index (χ0) is 19.6. The lowest BCUT2D eigenvalue weighted by Crippen LogP contribution is -2.43. The van der Waals surface area contributed by atoms with Crippen LogP contribution >= 0.6 is 0 Å². The van der Waals surface area contributed by atoms with Gasteiger partial charge in [0.25, 0.3) is 0 Å². The van der Waals surface area contributed by atoms with Crippen molar-refractivity contribution in [2.24, 2.45) is 0 Å². The van der Waals surface area contributed by atoms with Crippen molar-refractivity contribution >= 4 is 22.4 Å². The summed E-state index contributed by atoms with van der Waals surface area (Å²) in [6.07, 6.45) is 3.69. The lowest BCUT2D eigenvalue weighted by Gasteiger charge is -2.29. The van der Waals surface area contributed by atoms with Crippen LogP contribution in [0.2, 0.25) is 0 Å². The topological polar surface area (TPSA) is 67.1 Å². The van der Waals surface area contributed by atoms with E-state index in [9.17, 15) is 0 Å². The number of hydrogen-bond donors (Lipinski definition) is 2. The number of nitrogens with one attached hydrogen (secondary N) is 1. The number of hydrogen-bond acceptors (Lipinski definition) is 5. The number of nitrogens with two attached hydrogens (primary N) is 1. The van der Waals surface area contributed by atoms with Gasteiger partial charge in [0.1, 0.15) is 5.82 Å². The Morgan fingerprint density at radius 3 is 2.59 bits per heavy atom. The van der Waals surface area contributed by atoms with Crippen molar-refractivity contribution in [1.29, 1.82) is 0 Å². The summed E-state index contributed by atoms with van der Waals surface area (Å²) in [6.45, 7) is 4.09. The van der Waals surface area contributed by atoms with E-state index in [0.29, 0.717) is 5.82 Å². The smallest absolute Gasteiger partial charge is 0.131 e. The third kappa shape index (κ3) is 3.41. The normalized spacial score (nSPS) is 14.3. The second-order valence-electron chi connectivity index (χ2n) is 7.32. The Morgan fingerprint density at radius 2 is 1.69 bits per heavy atom. The Kier molecular flexibility index (Phi) is 4.58. The highest BCUT2D eigenvalue weighted by atomic mass is 15.2. The molecule has 1 fully saturated rings. The van der Waals surface area contributed by atoms with E-state index in [2.05, 4.69) is 56.6 Å². The van der Waals surface area contributed by atoms with Crippen molar-refractivity contribution in [3.63, 3.8) is 0 Å². The molecule has 0 aliphatic carbocycles. The van der Waals surface area contributed by atoms with Crippen LogP contribution < -0.4 is 16.0 Å². The highest BCUT2D eigenvalue weighted by Gasteiger charge is 2.13. The van der Waals surface area contributed by atoms with Crippen LogP contribution in [0.3, 0.4) is 0 Å². The predicted molar refractivity (Wildman–Crippen MR) is 120 cm³/mol. The first-order valence-corrected chi connectivity index (χ1v) is 9.95. The average Bonchev–Trinajstić information content (AvgIpc) is 2.80. The fourth-order valence-corrected chi connectivity index (χ4v) is 3.98. The van der Waals surface area contributed by atoms with Crippen molar-refractivity contribution < 1.29 is 0 Å². The van der Waals surface area contributed by atoms with E-state index in [1.54, 1.807) is 0 Å². The van der Waals surface area contributed by atoms with Crippen molar-refractivity contribution in [1.82, 2.24) is 15.3 Å². The summed E-state index contributed by atoms with van der Waals surface area (Å²) in [5, 5.41) is 4.49. The second-order valence-corrected chi connectivity index (χ2v) is 7.32. The molecule has 1 aliphatic rings. The molecular weight excluding hydrogens is 358 g/mol. The summed E-state index contributed by atoms with van der Waals surface area (Å²) in [6, 6.07) is 20.9. The van der Waals surface area contributed by atoms with E-state index in [-0.39, 0.29) is 0 Å². The molecule has 5 nitrogen and oxygen atoms in total. The molecule has 0 bridgehead atoms. The van der Waals surface area contributed by atoms with Gasteiger partial charge in [0.2, 0.25) is 0 Å². The Bertz CT molecular complexity index is 1160. The molecule has 0 unspecified atom stereocenters. The average molecular weight is 381 g/mol. The maximum absolute atomic E-state index is 6.29. The molecule has 144 valence electrons. The van der Waals surface area contributed by atoms with Crippen molar-refractivity contribution in [3.8, 4) is 22.3 Å². The van der Waals surface area contributed by atoms with Gasteiger partial charge in [0, 0.05) is 60.8 Å². The Labute approximate surface area is 170 Å². The van der Waals surface area contributed by atoms with Crippen molar-refractivity contribution in [2.45, 2.75) is 0 Å². The van der Waals surface area contributed by atoms with Gasteiger partial charge in [-0.15, -0.1) is 0 Å². The van der Waals surface area contributed by atoms with Gasteiger partial charge in [-0.05, 0) is 41.5 Å². The quantitative estimate of drug-likeness (QED) is 0.562. The van der Waals surface area contributed by atoms with E-state index < -0.39 is 0 Å². The first-order chi connectivity index (χ1) is 14.3. The Hall–Kier alpha value is -3.44. The fourth-order valence-electron chi connectivity index (χ4n) is 3.98. The largest absolute Gasteiger partial charge is 0.383 e. The molecule has 29 heavy (non-hydrogen) atoms. The Balaban J connectivity index is 1.58. The fraction of sp³-hybridized carbons (Fsp3) is 0.167. The SMILES string of the molecule is Nc1ncc(-c2cccc(N3CCNCC3)c2)cc1-c1ccnc2ccccc12. The van der Waals surface area contributed by atoms with Gasteiger partial charge in [-0.2, -0.15) is 0 Å². The number of aromatic nitrogens is 2. The van der Waals surface area contributed by atoms with Crippen molar-refractivity contribution in [2.75, 3.05) is 36.8 Å². The number of nitrogens with zero attached hydrogens (tertiary/aromatic N) is 3. The van der Waals surface area contributed by atoms with Crippen molar-refractivity contribution in [3.05, 3.63) is 73.1 Å². The number of benzene rings is 2. The van der Waals surface area contributed by atoms with Gasteiger partial charge >= 0.3 is 0 Å². The van der Waals surface area contributed by atoms with Gasteiger partial charge < -0.3 is 16.0 Å². The molecule has 0 saturated carbocycles. The van der Waals surface area contributed by atoms with E-state index in [4.69, 9.17) is 5.73 Å². The minimum Gasteiger partial charge on any atom is -0.383 e. The molecule has 0 radical (unpaired) electrons. The summed E-state index contributed by atoms with van der Waals surface area (Å²) in [5.41, 5.74) is 12.7. The lowest BCUT2D eigenvalue weighted by molar-refractivity contribution is 0.589. The van der Waals surface area contributed by atoms with Crippen LogP contribution in [0.1, 0.15) is 0 Å². The van der Waals surface area contributed by atoms with Crippen LogP contribution in [0.25, 0.3) is 33.2 Å². The summed E-state index contributed by atoms with van der Waals surface area (Å²) in [5.74, 6) is 0.531. The molecule has 5 rings (SSSR count). The number of rotatable bonds is 3. The maximum atomic E-state index is 6.29. The van der Waals surface area contributed by atoms with Gasteiger partial charge in [-0.3, -0.25) is 4.98 Å². The predicted octanol–water partition coefficient (Wildman–Crippen LogP) is 3.96. The molecule has 0 atom stereocenters. The minimum absolute atomic E-state index is 0.531. The van der Waals surface area contributed by atoms with E-state index in [1.165, 1.54) is 5.69 Å². The molecule has 2 aromatic carbocycles. The van der Waals surface area contributed by atoms with Crippen LogP contribution in [0.5, 0.6) is 0 Å². The number of fused-ring (bicyclic) bond motifs is 1. The zero-order valence-corrected chi connectivity index (χ0v) is 16.2. The summed E-state index contributed by atoms with van der Waals surface area (Å²) >= 11 is 0. The second kappa shape index (κ2) is 7.53. The third-order valence-electron chi connectivity index (χ3n) is 5.52. The zero-order valence-electron chi connectivity index (χ0n) is 16.2. The molecular formula is C24H23N5. The monoisotopic (exact) mass is 381 g/mol. The summed E-state index contributed by atoms with van der Waals surface area (Å²) in [7, 11) is 0. The number of anilines is 2. The van der Waals surface area contributed by atoms with Crippen LogP contribution in [0.15, 0.2) is 73.1 Å². The number of nitrogen functional groups attached to an aromatic ring is 1. The van der Waals surface area contributed by atoms with Gasteiger partial charge in [-0.25, -0.2) is 4.98 Å². The molecule has 1 aliphatic heterocycles. The molecule has 0 amide bonds. The molecule has 3 N–H and O–H groups in total. The van der Waals surface area contributed by atoms with Gasteiger partial charge in [0.05, 0.1) is 5.52 Å². The number of piperazine rings is 1. The van der Waals surface area contributed by atoms with E-state index >= 15 is 0 Å². The maximum Gasteiger partial charge on any atom is 0.131 e. The van der Waals surface area contributed by atoms with Crippen LogP contribution in [-0.2, 0) is 0 Å². The molecule has 0 spiro atoms. The van der Waals surface area contributed by atoms with Crippen LogP contribution in [0, 0.1) is 0 Å². The van der Waals surface area contributed by atoms with Gasteiger partial charge in [0.15, 0.2) is 0 Å². The summed E-state index contributed by atoms with van der Waals surface area (Å²) < 4.78 is 0. The third-order valence-corrected chi connectivity index (χ3v) is 5.52. The van der Waals surface area contributed by atoms with Gasteiger partial charge in [-0.1, -0.05) is 30.3 Å². The molecule has 1 saturated heterocycles. The molecule has 3 heterocycles. The molecule has 4 aromatic rings. The van der Waals surface area contributed by atoms with E-state index in [0.717, 1.165) is 59.3 Å². The van der Waals surface area contributed by atoms with E-state index in [1.807, 2.05) is 36.7 Å².